The molecule has 0 amide bonds. The maximum absolute atomic E-state index is 5.97. The number of anilines is 1. The van der Waals surface area contributed by atoms with E-state index in [1.807, 2.05) is 18.3 Å². The van der Waals surface area contributed by atoms with Crippen LogP contribution in [0.25, 0.3) is 10.8 Å². The van der Waals surface area contributed by atoms with Crippen LogP contribution in [0.5, 0.6) is 0 Å². The van der Waals surface area contributed by atoms with E-state index < -0.39 is 0 Å². The number of alkyl halides is 1. The van der Waals surface area contributed by atoms with Crippen molar-refractivity contribution in [1.29, 1.82) is 0 Å². The molecule has 4 heteroatoms. The van der Waals surface area contributed by atoms with Crippen LogP contribution in [0.4, 0.5) is 5.82 Å². The maximum atomic E-state index is 5.97. The molecule has 0 bridgehead atoms. The molecule has 0 spiro atoms. The van der Waals surface area contributed by atoms with Gasteiger partial charge in [-0.15, -0.1) is 11.6 Å². The minimum absolute atomic E-state index is 0.497. The Bertz CT molecular complexity index is 552. The molecule has 18 heavy (non-hydrogen) atoms. The van der Waals surface area contributed by atoms with Crippen LogP contribution in [-0.4, -0.2) is 31.3 Å². The first-order valence-corrected chi connectivity index (χ1v) is 6.69. The largest absolute Gasteiger partial charge is 0.378 e. The average Bonchev–Trinajstić information content (AvgIpc) is 2.47. The zero-order valence-electron chi connectivity index (χ0n) is 10.1. The molecule has 0 unspecified atom stereocenters. The van der Waals surface area contributed by atoms with Crippen LogP contribution < -0.4 is 4.90 Å². The quantitative estimate of drug-likeness (QED) is 0.779. The summed E-state index contributed by atoms with van der Waals surface area (Å²) in [7, 11) is 0. The summed E-state index contributed by atoms with van der Waals surface area (Å²) in [4.78, 5) is 6.87. The predicted molar refractivity (Wildman–Crippen MR) is 74.3 cm³/mol. The minimum Gasteiger partial charge on any atom is -0.378 e. The molecule has 0 atom stereocenters. The van der Waals surface area contributed by atoms with Crippen LogP contribution in [0.15, 0.2) is 30.5 Å². The zero-order chi connectivity index (χ0) is 12.4. The summed E-state index contributed by atoms with van der Waals surface area (Å²) in [6.07, 6.45) is 1.89. The number of hydrogen-bond donors (Lipinski definition) is 0. The van der Waals surface area contributed by atoms with Crippen molar-refractivity contribution < 1.29 is 4.74 Å². The number of hydrogen-bond acceptors (Lipinski definition) is 3. The smallest absolute Gasteiger partial charge is 0.136 e. The second-order valence-corrected chi connectivity index (χ2v) is 4.65. The fraction of sp³-hybridized carbons (Fsp3) is 0.357. The van der Waals surface area contributed by atoms with E-state index in [0.29, 0.717) is 5.88 Å². The van der Waals surface area contributed by atoms with Gasteiger partial charge in [0.1, 0.15) is 5.82 Å². The molecule has 0 aliphatic carbocycles. The van der Waals surface area contributed by atoms with E-state index >= 15 is 0 Å². The highest BCUT2D eigenvalue weighted by atomic mass is 35.5. The molecule has 0 saturated carbocycles. The number of pyridine rings is 1. The van der Waals surface area contributed by atoms with E-state index in [1.165, 1.54) is 10.8 Å². The fourth-order valence-electron chi connectivity index (χ4n) is 2.37. The Morgan fingerprint density at radius 1 is 1.17 bits per heavy atom. The van der Waals surface area contributed by atoms with Gasteiger partial charge in [0.15, 0.2) is 0 Å². The second-order valence-electron chi connectivity index (χ2n) is 4.39. The van der Waals surface area contributed by atoms with Gasteiger partial charge in [-0.25, -0.2) is 4.98 Å². The summed E-state index contributed by atoms with van der Waals surface area (Å²) in [5.74, 6) is 1.54. The molecule has 1 aliphatic rings. The molecule has 0 N–H and O–H groups in total. The minimum atomic E-state index is 0.497. The van der Waals surface area contributed by atoms with Gasteiger partial charge < -0.3 is 9.64 Å². The van der Waals surface area contributed by atoms with E-state index in [2.05, 4.69) is 22.0 Å². The van der Waals surface area contributed by atoms with Crippen LogP contribution in [-0.2, 0) is 10.6 Å². The van der Waals surface area contributed by atoms with Crippen LogP contribution in [0, 0.1) is 0 Å². The van der Waals surface area contributed by atoms with E-state index in [-0.39, 0.29) is 0 Å². The molecule has 1 aliphatic heterocycles. The second kappa shape index (κ2) is 5.12. The molecule has 3 nitrogen and oxygen atoms in total. The van der Waals surface area contributed by atoms with Crippen LogP contribution in [0.2, 0.25) is 0 Å². The van der Waals surface area contributed by atoms with E-state index in [0.717, 1.165) is 37.7 Å². The Hall–Kier alpha value is -1.32. The molecule has 2 heterocycles. The van der Waals surface area contributed by atoms with E-state index in [9.17, 15) is 0 Å². The monoisotopic (exact) mass is 262 g/mol. The molecule has 1 saturated heterocycles. The number of rotatable bonds is 2. The van der Waals surface area contributed by atoms with Crippen LogP contribution in [0.1, 0.15) is 5.56 Å². The summed E-state index contributed by atoms with van der Waals surface area (Å²) in [5.41, 5.74) is 1.09. The topological polar surface area (TPSA) is 25.4 Å². The Balaban J connectivity index is 2.12. The summed E-state index contributed by atoms with van der Waals surface area (Å²) >= 11 is 5.97. The number of halogens is 1. The SMILES string of the molecule is ClCc1cnc(N2CCOCC2)c2ccccc12. The van der Waals surface area contributed by atoms with Crippen molar-refractivity contribution in [2.45, 2.75) is 5.88 Å². The van der Waals surface area contributed by atoms with Gasteiger partial charge in [-0.3, -0.25) is 0 Å². The molecule has 1 fully saturated rings. The number of ether oxygens (including phenoxy) is 1. The number of morpholine rings is 1. The van der Waals surface area contributed by atoms with Gasteiger partial charge in [0.2, 0.25) is 0 Å². The number of nitrogens with zero attached hydrogens (tertiary/aromatic N) is 2. The summed E-state index contributed by atoms with van der Waals surface area (Å²) < 4.78 is 5.39. The lowest BCUT2D eigenvalue weighted by atomic mass is 10.1. The molecule has 1 aromatic carbocycles. The Morgan fingerprint density at radius 2 is 1.89 bits per heavy atom. The Morgan fingerprint density at radius 3 is 2.61 bits per heavy atom. The highest BCUT2D eigenvalue weighted by Crippen LogP contribution is 2.28. The van der Waals surface area contributed by atoms with Gasteiger partial charge in [-0.2, -0.15) is 0 Å². The lowest BCUT2D eigenvalue weighted by Gasteiger charge is -2.29. The highest BCUT2D eigenvalue weighted by Gasteiger charge is 2.16. The molecule has 0 radical (unpaired) electrons. The molecule has 3 rings (SSSR count). The average molecular weight is 263 g/mol. The van der Waals surface area contributed by atoms with Gasteiger partial charge in [0.25, 0.3) is 0 Å². The van der Waals surface area contributed by atoms with Crippen LogP contribution >= 0.6 is 11.6 Å². The lowest BCUT2D eigenvalue weighted by Crippen LogP contribution is -2.36. The van der Waals surface area contributed by atoms with Gasteiger partial charge in [0.05, 0.1) is 13.2 Å². The number of aromatic nitrogens is 1. The summed E-state index contributed by atoms with van der Waals surface area (Å²) in [6.45, 7) is 3.34. The van der Waals surface area contributed by atoms with Crippen molar-refractivity contribution in [3.05, 3.63) is 36.0 Å². The molecular weight excluding hydrogens is 248 g/mol. The Kier molecular flexibility index (Phi) is 3.35. The van der Waals surface area contributed by atoms with Crippen molar-refractivity contribution in [1.82, 2.24) is 4.98 Å². The first kappa shape index (κ1) is 11.8. The number of fused-ring (bicyclic) bond motifs is 1. The standard InChI is InChI=1S/C14H15ClN2O/c15-9-11-10-16-14(17-5-7-18-8-6-17)13-4-2-1-3-12(11)13/h1-4,10H,5-9H2. The third kappa shape index (κ3) is 2.04. The first-order valence-electron chi connectivity index (χ1n) is 6.15. The van der Waals surface area contributed by atoms with Gasteiger partial charge in [-0.05, 0) is 10.9 Å². The summed E-state index contributed by atoms with van der Waals surface area (Å²) in [5, 5.41) is 2.38. The molecular formula is C14H15ClN2O. The first-order chi connectivity index (χ1) is 8.90. The van der Waals surface area contributed by atoms with Gasteiger partial charge in [-0.1, -0.05) is 24.3 Å². The van der Waals surface area contributed by atoms with Gasteiger partial charge in [0, 0.05) is 30.6 Å². The number of benzene rings is 1. The van der Waals surface area contributed by atoms with Crippen LogP contribution in [0.3, 0.4) is 0 Å². The van der Waals surface area contributed by atoms with Crippen molar-refractivity contribution in [2.75, 3.05) is 31.2 Å². The van der Waals surface area contributed by atoms with E-state index in [1.54, 1.807) is 0 Å². The van der Waals surface area contributed by atoms with Gasteiger partial charge >= 0.3 is 0 Å². The van der Waals surface area contributed by atoms with Crippen molar-refractivity contribution in [2.24, 2.45) is 0 Å². The highest BCUT2D eigenvalue weighted by molar-refractivity contribution is 6.18. The lowest BCUT2D eigenvalue weighted by molar-refractivity contribution is 0.122. The third-order valence-electron chi connectivity index (χ3n) is 3.31. The third-order valence-corrected chi connectivity index (χ3v) is 3.60. The normalized spacial score (nSPS) is 16.2. The Labute approximate surface area is 111 Å². The summed E-state index contributed by atoms with van der Waals surface area (Å²) in [6, 6.07) is 8.31. The zero-order valence-corrected chi connectivity index (χ0v) is 10.9. The predicted octanol–water partition coefficient (Wildman–Crippen LogP) is 2.81. The van der Waals surface area contributed by atoms with E-state index in [4.69, 9.17) is 16.3 Å². The van der Waals surface area contributed by atoms with Crippen molar-refractivity contribution in [3.8, 4) is 0 Å². The molecule has 2 aromatic rings. The maximum Gasteiger partial charge on any atom is 0.136 e. The molecule has 1 aromatic heterocycles. The fourth-order valence-corrected chi connectivity index (χ4v) is 2.58. The molecule has 94 valence electrons. The van der Waals surface area contributed by atoms with Crippen molar-refractivity contribution >= 4 is 28.2 Å². The van der Waals surface area contributed by atoms with Crippen molar-refractivity contribution in [3.63, 3.8) is 0 Å².